The van der Waals surface area contributed by atoms with E-state index >= 15 is 0 Å². The molecule has 0 aromatic heterocycles. The van der Waals surface area contributed by atoms with Crippen LogP contribution in [0, 0.1) is 0 Å². The number of hydrogen-bond donors (Lipinski definition) is 1. The van der Waals surface area contributed by atoms with Crippen molar-refractivity contribution in [3.8, 4) is 11.5 Å². The number of halogens is 1. The predicted octanol–water partition coefficient (Wildman–Crippen LogP) is 4.03. The molecule has 1 saturated heterocycles. The Morgan fingerprint density at radius 3 is 2.75 bits per heavy atom. The summed E-state index contributed by atoms with van der Waals surface area (Å²) in [6.07, 6.45) is 4.43. The van der Waals surface area contributed by atoms with E-state index in [0.717, 1.165) is 37.5 Å². The Labute approximate surface area is 150 Å². The quantitative estimate of drug-likeness (QED) is 0.820. The minimum atomic E-state index is 0. The van der Waals surface area contributed by atoms with Gasteiger partial charge in [0.15, 0.2) is 0 Å². The fraction of sp³-hybridized carbons (Fsp3) is 0.400. The van der Waals surface area contributed by atoms with Crippen LogP contribution in [0.3, 0.4) is 0 Å². The molecule has 2 aromatic carbocycles. The van der Waals surface area contributed by atoms with E-state index in [4.69, 9.17) is 9.47 Å². The third kappa shape index (κ3) is 5.15. The second kappa shape index (κ2) is 9.55. The number of hydrogen-bond acceptors (Lipinski definition) is 3. The van der Waals surface area contributed by atoms with Crippen molar-refractivity contribution in [2.24, 2.45) is 0 Å². The third-order valence-electron chi connectivity index (χ3n) is 4.39. The summed E-state index contributed by atoms with van der Waals surface area (Å²) in [6, 6.07) is 17.2. The molecule has 24 heavy (non-hydrogen) atoms. The Hall–Kier alpha value is -1.71. The van der Waals surface area contributed by atoms with Gasteiger partial charge in [-0.15, -0.1) is 12.4 Å². The molecule has 0 amide bonds. The van der Waals surface area contributed by atoms with Crippen molar-refractivity contribution in [2.45, 2.75) is 31.7 Å². The summed E-state index contributed by atoms with van der Waals surface area (Å²) in [7, 11) is 1.71. The Bertz CT molecular complexity index is 627. The lowest BCUT2D eigenvalue weighted by molar-refractivity contribution is 0.274. The maximum atomic E-state index is 6.07. The zero-order valence-electron chi connectivity index (χ0n) is 14.2. The summed E-state index contributed by atoms with van der Waals surface area (Å²) in [5.74, 6) is 1.93. The van der Waals surface area contributed by atoms with Crippen molar-refractivity contribution in [3.05, 3.63) is 59.7 Å². The van der Waals surface area contributed by atoms with Crippen LogP contribution in [-0.2, 0) is 12.8 Å². The summed E-state index contributed by atoms with van der Waals surface area (Å²) in [5, 5.41) is 3.48. The van der Waals surface area contributed by atoms with Crippen molar-refractivity contribution in [2.75, 3.05) is 20.3 Å². The number of para-hydroxylation sites is 1. The number of ether oxygens (including phenoxy) is 2. The summed E-state index contributed by atoms with van der Waals surface area (Å²) in [6.45, 7) is 1.88. The number of aryl methyl sites for hydroxylation is 2. The van der Waals surface area contributed by atoms with Gasteiger partial charge in [0.25, 0.3) is 0 Å². The standard InChI is InChI=1S/C20H25NO2.ClH/c1-22-19-9-4-6-16(14-19)11-12-17-7-2-3-10-20(17)23-15-18-8-5-13-21-18;/h2-4,6-7,9-10,14,18,21H,5,8,11-13,15H2,1H3;1H. The number of methoxy groups -OCH3 is 1. The zero-order chi connectivity index (χ0) is 15.9. The Balaban J connectivity index is 0.00000208. The molecule has 1 fully saturated rings. The van der Waals surface area contributed by atoms with E-state index in [9.17, 15) is 0 Å². The highest BCUT2D eigenvalue weighted by atomic mass is 35.5. The van der Waals surface area contributed by atoms with Crippen LogP contribution >= 0.6 is 12.4 Å². The molecule has 0 bridgehead atoms. The molecular weight excluding hydrogens is 322 g/mol. The van der Waals surface area contributed by atoms with Gasteiger partial charge in [-0.05, 0) is 61.6 Å². The minimum absolute atomic E-state index is 0. The molecule has 1 N–H and O–H groups in total. The monoisotopic (exact) mass is 347 g/mol. The molecule has 0 saturated carbocycles. The van der Waals surface area contributed by atoms with Crippen LogP contribution in [0.1, 0.15) is 24.0 Å². The van der Waals surface area contributed by atoms with Crippen molar-refractivity contribution >= 4 is 12.4 Å². The first-order chi connectivity index (χ1) is 11.3. The molecule has 3 rings (SSSR count). The van der Waals surface area contributed by atoms with Gasteiger partial charge >= 0.3 is 0 Å². The average Bonchev–Trinajstić information content (AvgIpc) is 3.12. The van der Waals surface area contributed by atoms with Crippen LogP contribution in [-0.4, -0.2) is 26.3 Å². The predicted molar refractivity (Wildman–Crippen MR) is 101 cm³/mol. The zero-order valence-corrected chi connectivity index (χ0v) is 15.0. The fourth-order valence-electron chi connectivity index (χ4n) is 3.05. The van der Waals surface area contributed by atoms with Crippen molar-refractivity contribution in [1.29, 1.82) is 0 Å². The highest BCUT2D eigenvalue weighted by molar-refractivity contribution is 5.85. The molecule has 0 aliphatic carbocycles. The molecule has 0 spiro atoms. The molecule has 0 radical (unpaired) electrons. The first-order valence-corrected chi connectivity index (χ1v) is 8.42. The lowest BCUT2D eigenvalue weighted by Crippen LogP contribution is -2.28. The van der Waals surface area contributed by atoms with Crippen molar-refractivity contribution in [3.63, 3.8) is 0 Å². The van der Waals surface area contributed by atoms with Crippen LogP contribution in [0.2, 0.25) is 0 Å². The number of rotatable bonds is 7. The Kier molecular flexibility index (Phi) is 7.41. The molecule has 1 atom stereocenters. The Morgan fingerprint density at radius 2 is 1.96 bits per heavy atom. The average molecular weight is 348 g/mol. The van der Waals surface area contributed by atoms with Crippen molar-refractivity contribution in [1.82, 2.24) is 5.32 Å². The van der Waals surface area contributed by atoms with E-state index in [1.54, 1.807) is 7.11 Å². The van der Waals surface area contributed by atoms with Crippen LogP contribution in [0.4, 0.5) is 0 Å². The van der Waals surface area contributed by atoms with E-state index in [0.29, 0.717) is 6.04 Å². The molecule has 2 aromatic rings. The molecule has 3 nitrogen and oxygen atoms in total. The third-order valence-corrected chi connectivity index (χ3v) is 4.39. The van der Waals surface area contributed by atoms with Crippen LogP contribution < -0.4 is 14.8 Å². The fourth-order valence-corrected chi connectivity index (χ4v) is 3.05. The lowest BCUT2D eigenvalue weighted by atomic mass is 10.0. The first-order valence-electron chi connectivity index (χ1n) is 8.42. The van der Waals surface area contributed by atoms with Gasteiger partial charge in [-0.3, -0.25) is 0 Å². The van der Waals surface area contributed by atoms with Gasteiger partial charge < -0.3 is 14.8 Å². The highest BCUT2D eigenvalue weighted by Crippen LogP contribution is 2.22. The molecule has 1 unspecified atom stereocenters. The normalized spacial score (nSPS) is 16.5. The van der Waals surface area contributed by atoms with Gasteiger partial charge in [0, 0.05) is 6.04 Å². The molecule has 1 aliphatic heterocycles. The topological polar surface area (TPSA) is 30.5 Å². The SMILES string of the molecule is COc1cccc(CCc2ccccc2OCC2CCCN2)c1.Cl. The summed E-state index contributed by atoms with van der Waals surface area (Å²) in [4.78, 5) is 0. The molecule has 4 heteroatoms. The minimum Gasteiger partial charge on any atom is -0.497 e. The number of nitrogens with one attached hydrogen (secondary N) is 1. The van der Waals surface area contributed by atoms with Crippen LogP contribution in [0.15, 0.2) is 48.5 Å². The Morgan fingerprint density at radius 1 is 1.08 bits per heavy atom. The van der Waals surface area contributed by atoms with Crippen LogP contribution in [0.25, 0.3) is 0 Å². The summed E-state index contributed by atoms with van der Waals surface area (Å²) >= 11 is 0. The molecule has 1 aliphatic rings. The summed E-state index contributed by atoms with van der Waals surface area (Å²) in [5.41, 5.74) is 2.56. The van der Waals surface area contributed by atoms with Gasteiger partial charge in [0.2, 0.25) is 0 Å². The van der Waals surface area contributed by atoms with Crippen molar-refractivity contribution < 1.29 is 9.47 Å². The van der Waals surface area contributed by atoms with Gasteiger partial charge in [0.05, 0.1) is 7.11 Å². The number of benzene rings is 2. The lowest BCUT2D eigenvalue weighted by Gasteiger charge is -2.15. The molecule has 1 heterocycles. The summed E-state index contributed by atoms with van der Waals surface area (Å²) < 4.78 is 11.4. The van der Waals surface area contributed by atoms with Crippen LogP contribution in [0.5, 0.6) is 11.5 Å². The molecule has 130 valence electrons. The first kappa shape index (κ1) is 18.6. The van der Waals surface area contributed by atoms with Gasteiger partial charge in [-0.25, -0.2) is 0 Å². The largest absolute Gasteiger partial charge is 0.497 e. The second-order valence-electron chi connectivity index (χ2n) is 6.06. The van der Waals surface area contributed by atoms with E-state index in [-0.39, 0.29) is 12.4 Å². The highest BCUT2D eigenvalue weighted by Gasteiger charge is 2.15. The van der Waals surface area contributed by atoms with E-state index < -0.39 is 0 Å². The molecular formula is C20H26ClNO2. The van der Waals surface area contributed by atoms with Gasteiger partial charge in [-0.1, -0.05) is 30.3 Å². The smallest absolute Gasteiger partial charge is 0.122 e. The maximum Gasteiger partial charge on any atom is 0.122 e. The van der Waals surface area contributed by atoms with Gasteiger partial charge in [0.1, 0.15) is 18.1 Å². The van der Waals surface area contributed by atoms with E-state index in [1.807, 2.05) is 18.2 Å². The maximum absolute atomic E-state index is 6.07. The second-order valence-corrected chi connectivity index (χ2v) is 6.06. The van der Waals surface area contributed by atoms with E-state index in [1.165, 1.54) is 24.0 Å². The van der Waals surface area contributed by atoms with E-state index in [2.05, 4.69) is 35.6 Å². The van der Waals surface area contributed by atoms with Gasteiger partial charge in [-0.2, -0.15) is 0 Å².